The van der Waals surface area contributed by atoms with Crippen molar-refractivity contribution in [2.24, 2.45) is 0 Å². The number of carbonyl (C=O) groups is 1. The molecule has 16 heavy (non-hydrogen) atoms. The molecule has 0 aromatic carbocycles. The maximum atomic E-state index is 13.1. The van der Waals surface area contributed by atoms with Crippen molar-refractivity contribution < 1.29 is 22.7 Å². The Labute approximate surface area is 97.8 Å². The van der Waals surface area contributed by atoms with E-state index in [0.717, 1.165) is 7.11 Å². The lowest BCUT2D eigenvalue weighted by molar-refractivity contribution is -0.139. The zero-order valence-electron chi connectivity index (χ0n) is 8.14. The highest BCUT2D eigenvalue weighted by Crippen LogP contribution is 2.29. The van der Waals surface area contributed by atoms with Crippen molar-refractivity contribution in [1.29, 1.82) is 0 Å². The largest absolute Gasteiger partial charge is 0.469 e. The second-order valence-electron chi connectivity index (χ2n) is 2.84. The second-order valence-corrected chi connectivity index (χ2v) is 3.63. The number of esters is 1. The third kappa shape index (κ3) is 2.72. The van der Waals surface area contributed by atoms with Crippen molar-refractivity contribution in [2.45, 2.75) is 12.8 Å². The maximum absolute atomic E-state index is 13.1. The molecule has 0 amide bonds. The highest BCUT2D eigenvalue weighted by atomic mass is 79.9. The van der Waals surface area contributed by atoms with Crippen molar-refractivity contribution in [3.63, 3.8) is 0 Å². The van der Waals surface area contributed by atoms with Gasteiger partial charge < -0.3 is 4.74 Å². The molecule has 0 unspecified atom stereocenters. The molecular formula is C9H7BrF3NO2. The summed E-state index contributed by atoms with van der Waals surface area (Å²) in [4.78, 5) is 14.2. The highest BCUT2D eigenvalue weighted by molar-refractivity contribution is 9.10. The van der Waals surface area contributed by atoms with Crippen molar-refractivity contribution in [3.8, 4) is 0 Å². The first-order valence-electron chi connectivity index (χ1n) is 4.15. The number of alkyl halides is 2. The summed E-state index contributed by atoms with van der Waals surface area (Å²) < 4.78 is 42.3. The van der Waals surface area contributed by atoms with Crippen molar-refractivity contribution in [2.75, 3.05) is 7.11 Å². The van der Waals surface area contributed by atoms with E-state index in [4.69, 9.17) is 0 Å². The molecule has 88 valence electrons. The van der Waals surface area contributed by atoms with Crippen molar-refractivity contribution in [1.82, 2.24) is 4.98 Å². The van der Waals surface area contributed by atoms with Gasteiger partial charge >= 0.3 is 5.97 Å². The van der Waals surface area contributed by atoms with Gasteiger partial charge in [0.15, 0.2) is 5.82 Å². The molecule has 0 aliphatic carbocycles. The third-order valence-corrected chi connectivity index (χ3v) is 2.71. The van der Waals surface area contributed by atoms with Crippen molar-refractivity contribution >= 4 is 21.9 Å². The standard InChI is InChI=1S/C9H7BrF3NO2/c1-16-6(15)2-4-7(10)5(11)3-14-8(4)9(12)13/h3,9H,2H2,1H3. The average Bonchev–Trinajstić information content (AvgIpc) is 2.24. The van der Waals surface area contributed by atoms with Crippen LogP contribution in [0.25, 0.3) is 0 Å². The van der Waals surface area contributed by atoms with Gasteiger partial charge in [0, 0.05) is 5.56 Å². The smallest absolute Gasteiger partial charge is 0.310 e. The Balaban J connectivity index is 3.20. The number of pyridine rings is 1. The number of ether oxygens (including phenoxy) is 1. The normalized spacial score (nSPS) is 10.6. The molecule has 0 saturated heterocycles. The van der Waals surface area contributed by atoms with Gasteiger partial charge in [0.2, 0.25) is 0 Å². The van der Waals surface area contributed by atoms with E-state index in [-0.39, 0.29) is 10.0 Å². The molecule has 1 rings (SSSR count). The maximum Gasteiger partial charge on any atom is 0.310 e. The van der Waals surface area contributed by atoms with E-state index in [2.05, 4.69) is 25.7 Å². The lowest BCUT2D eigenvalue weighted by atomic mass is 10.1. The molecule has 1 heterocycles. The topological polar surface area (TPSA) is 39.2 Å². The molecule has 1 aromatic rings. The van der Waals surface area contributed by atoms with Gasteiger partial charge in [-0.3, -0.25) is 9.78 Å². The quantitative estimate of drug-likeness (QED) is 0.805. The molecule has 0 spiro atoms. The summed E-state index contributed by atoms with van der Waals surface area (Å²) in [5.41, 5.74) is -0.819. The summed E-state index contributed by atoms with van der Waals surface area (Å²) in [6.07, 6.45) is -2.66. The molecule has 0 aliphatic heterocycles. The Hall–Kier alpha value is -1.11. The minimum Gasteiger partial charge on any atom is -0.469 e. The fraction of sp³-hybridized carbons (Fsp3) is 0.333. The molecule has 1 aromatic heterocycles. The predicted octanol–water partition coefficient (Wildman–Crippen LogP) is 2.64. The molecule has 0 fully saturated rings. The molecule has 0 aliphatic rings. The van der Waals surface area contributed by atoms with Crippen LogP contribution >= 0.6 is 15.9 Å². The van der Waals surface area contributed by atoms with Gasteiger partial charge in [-0.15, -0.1) is 0 Å². The highest BCUT2D eigenvalue weighted by Gasteiger charge is 2.22. The lowest BCUT2D eigenvalue weighted by Crippen LogP contribution is -2.10. The summed E-state index contributed by atoms with van der Waals surface area (Å²) in [6.45, 7) is 0. The van der Waals surface area contributed by atoms with Crippen LogP contribution in [0, 0.1) is 5.82 Å². The third-order valence-electron chi connectivity index (χ3n) is 1.86. The molecular weight excluding hydrogens is 291 g/mol. The predicted molar refractivity (Wildman–Crippen MR) is 52.6 cm³/mol. The minimum absolute atomic E-state index is 0.191. The number of methoxy groups -OCH3 is 1. The summed E-state index contributed by atoms with van der Waals surface area (Å²) in [6, 6.07) is 0. The van der Waals surface area contributed by atoms with E-state index in [0.29, 0.717) is 6.20 Å². The second kappa shape index (κ2) is 5.29. The Kier molecular flexibility index (Phi) is 4.28. The number of aromatic nitrogens is 1. The average molecular weight is 298 g/mol. The van der Waals surface area contributed by atoms with Crippen LogP contribution < -0.4 is 0 Å². The lowest BCUT2D eigenvalue weighted by Gasteiger charge is -2.09. The van der Waals surface area contributed by atoms with E-state index in [1.807, 2.05) is 0 Å². The monoisotopic (exact) mass is 297 g/mol. The number of nitrogens with zero attached hydrogens (tertiary/aromatic N) is 1. The minimum atomic E-state index is -2.88. The van der Waals surface area contributed by atoms with Gasteiger partial charge in [0.05, 0.1) is 24.2 Å². The van der Waals surface area contributed by atoms with Gasteiger partial charge in [0.25, 0.3) is 6.43 Å². The molecule has 0 N–H and O–H groups in total. The van der Waals surface area contributed by atoms with Crippen LogP contribution in [0.2, 0.25) is 0 Å². The van der Waals surface area contributed by atoms with Gasteiger partial charge in [-0.05, 0) is 15.9 Å². The van der Waals surface area contributed by atoms with Gasteiger partial charge in [0.1, 0.15) is 5.69 Å². The molecule has 3 nitrogen and oxygen atoms in total. The summed E-state index contributed by atoms with van der Waals surface area (Å²) in [5.74, 6) is -1.54. The summed E-state index contributed by atoms with van der Waals surface area (Å²) in [5, 5.41) is 0. The number of halogens is 4. The van der Waals surface area contributed by atoms with E-state index >= 15 is 0 Å². The van der Waals surface area contributed by atoms with Gasteiger partial charge in [-0.1, -0.05) is 0 Å². The summed E-state index contributed by atoms with van der Waals surface area (Å²) >= 11 is 2.80. The Morgan fingerprint density at radius 3 is 2.75 bits per heavy atom. The first kappa shape index (κ1) is 13.0. The molecule has 0 bridgehead atoms. The summed E-state index contributed by atoms with van der Waals surface area (Å²) in [7, 11) is 1.12. The molecule has 0 saturated carbocycles. The Bertz CT molecular complexity index is 412. The fourth-order valence-electron chi connectivity index (χ4n) is 1.09. The number of carbonyl (C=O) groups excluding carboxylic acids is 1. The number of hydrogen-bond donors (Lipinski definition) is 0. The Morgan fingerprint density at radius 2 is 2.25 bits per heavy atom. The van der Waals surface area contributed by atoms with E-state index < -0.39 is 30.3 Å². The Morgan fingerprint density at radius 1 is 1.62 bits per heavy atom. The SMILES string of the molecule is COC(=O)Cc1c(C(F)F)ncc(F)c1Br. The van der Waals surface area contributed by atoms with E-state index in [1.165, 1.54) is 0 Å². The first-order valence-corrected chi connectivity index (χ1v) is 4.94. The number of hydrogen-bond acceptors (Lipinski definition) is 3. The van der Waals surface area contributed by atoms with Crippen LogP contribution in [0.3, 0.4) is 0 Å². The van der Waals surface area contributed by atoms with Crippen LogP contribution in [0.1, 0.15) is 17.7 Å². The molecule has 0 radical (unpaired) electrons. The van der Waals surface area contributed by atoms with E-state index in [1.54, 1.807) is 0 Å². The van der Waals surface area contributed by atoms with E-state index in [9.17, 15) is 18.0 Å². The van der Waals surface area contributed by atoms with Gasteiger partial charge in [-0.2, -0.15) is 0 Å². The van der Waals surface area contributed by atoms with Crippen LogP contribution in [-0.2, 0) is 16.0 Å². The van der Waals surface area contributed by atoms with Gasteiger partial charge in [-0.25, -0.2) is 13.2 Å². The van der Waals surface area contributed by atoms with Crippen LogP contribution in [0.4, 0.5) is 13.2 Å². The fourth-order valence-corrected chi connectivity index (χ4v) is 1.54. The first-order chi connectivity index (χ1) is 7.47. The van der Waals surface area contributed by atoms with Crippen LogP contribution in [0.15, 0.2) is 10.7 Å². The molecule has 7 heteroatoms. The van der Waals surface area contributed by atoms with Crippen molar-refractivity contribution in [3.05, 3.63) is 27.7 Å². The zero-order valence-corrected chi connectivity index (χ0v) is 9.72. The van der Waals surface area contributed by atoms with Crippen LogP contribution in [-0.4, -0.2) is 18.1 Å². The molecule has 0 atom stereocenters. The number of rotatable bonds is 3. The van der Waals surface area contributed by atoms with Crippen LogP contribution in [0.5, 0.6) is 0 Å². The zero-order chi connectivity index (χ0) is 12.3.